The first-order valence-corrected chi connectivity index (χ1v) is 30.6. The second-order valence-electron chi connectivity index (χ2n) is 20.6. The van der Waals surface area contributed by atoms with Crippen molar-refractivity contribution in [2.75, 3.05) is 13.2 Å². The molecule has 1 rings (SSSR count). The summed E-state index contributed by atoms with van der Waals surface area (Å²) in [6.07, 6.45) is 55.4. The Balaban J connectivity index is 2.71. The van der Waals surface area contributed by atoms with Gasteiger partial charge in [-0.3, -0.25) is 14.4 Å². The molecule has 0 saturated carbocycles. The molecule has 0 radical (unpaired) electrons. The van der Waals surface area contributed by atoms with Gasteiger partial charge in [-0.25, -0.2) is 4.79 Å². The number of aliphatic hydroxyl groups excluding tert-OH is 2. The molecule has 0 amide bonds. The molecule has 1 fully saturated rings. The lowest BCUT2D eigenvalue weighted by Crippen LogP contribution is -2.61. The minimum atomic E-state index is -1.92. The molecule has 12 heteroatoms. The molecule has 440 valence electrons. The number of carbonyl (C=O) groups is 4. The summed E-state index contributed by atoms with van der Waals surface area (Å²) in [6.45, 7) is 5.84. The van der Waals surface area contributed by atoms with Crippen LogP contribution in [-0.2, 0) is 42.9 Å². The molecule has 1 aliphatic heterocycles. The number of carbonyl (C=O) groups excluding carboxylic acids is 3. The highest BCUT2D eigenvalue weighted by Gasteiger charge is 2.50. The van der Waals surface area contributed by atoms with Gasteiger partial charge in [0.15, 0.2) is 24.6 Å². The van der Waals surface area contributed by atoms with Crippen molar-refractivity contribution in [1.29, 1.82) is 0 Å². The lowest BCUT2D eigenvalue weighted by Gasteiger charge is -2.40. The summed E-state index contributed by atoms with van der Waals surface area (Å²) in [6, 6.07) is 0. The summed E-state index contributed by atoms with van der Waals surface area (Å²) in [7, 11) is 0. The maximum atomic E-state index is 13.1. The van der Waals surface area contributed by atoms with Gasteiger partial charge in [-0.05, 0) is 116 Å². The van der Waals surface area contributed by atoms with Gasteiger partial charge in [0.05, 0.1) is 6.61 Å². The first-order chi connectivity index (χ1) is 37.6. The van der Waals surface area contributed by atoms with E-state index in [0.29, 0.717) is 19.3 Å². The highest BCUT2D eigenvalue weighted by Crippen LogP contribution is 2.26. The Labute approximate surface area is 467 Å². The van der Waals surface area contributed by atoms with E-state index in [1.165, 1.54) is 64.2 Å². The fourth-order valence-corrected chi connectivity index (χ4v) is 8.74. The van der Waals surface area contributed by atoms with E-state index in [1.54, 1.807) is 0 Å². The van der Waals surface area contributed by atoms with Crippen molar-refractivity contribution in [3.8, 4) is 0 Å². The van der Waals surface area contributed by atoms with Crippen LogP contribution in [0.15, 0.2) is 85.1 Å². The summed E-state index contributed by atoms with van der Waals surface area (Å²) in [5, 5.41) is 31.5. The fourth-order valence-electron chi connectivity index (χ4n) is 8.74. The number of rotatable bonds is 51. The third-order valence-corrected chi connectivity index (χ3v) is 13.4. The second-order valence-corrected chi connectivity index (χ2v) is 20.6. The molecule has 0 aliphatic carbocycles. The number of carboxylic acids is 1. The Bertz CT molecular complexity index is 1660. The molecule has 0 aromatic carbocycles. The summed E-state index contributed by atoms with van der Waals surface area (Å²) >= 11 is 0. The number of aliphatic carboxylic acids is 1. The van der Waals surface area contributed by atoms with Crippen molar-refractivity contribution >= 4 is 23.9 Å². The molecule has 6 unspecified atom stereocenters. The number of hydrogen-bond donors (Lipinski definition) is 3. The van der Waals surface area contributed by atoms with Crippen molar-refractivity contribution in [2.45, 2.75) is 289 Å². The van der Waals surface area contributed by atoms with Gasteiger partial charge in [-0.15, -0.1) is 0 Å². The molecule has 6 atom stereocenters. The van der Waals surface area contributed by atoms with Crippen LogP contribution in [0.1, 0.15) is 252 Å². The van der Waals surface area contributed by atoms with E-state index in [4.69, 9.17) is 23.7 Å². The van der Waals surface area contributed by atoms with Crippen LogP contribution in [0.4, 0.5) is 0 Å². The lowest BCUT2D eigenvalue weighted by molar-refractivity contribution is -0.301. The van der Waals surface area contributed by atoms with E-state index in [9.17, 15) is 34.5 Å². The minimum Gasteiger partial charge on any atom is -0.479 e. The van der Waals surface area contributed by atoms with Crippen LogP contribution in [0.3, 0.4) is 0 Å². The molecule has 0 aromatic heterocycles. The Morgan fingerprint density at radius 2 is 0.818 bits per heavy atom. The van der Waals surface area contributed by atoms with E-state index in [-0.39, 0.29) is 25.9 Å². The number of aliphatic hydroxyl groups is 2. The number of carboxylic acid groups (broad SMARTS) is 1. The predicted molar refractivity (Wildman–Crippen MR) is 312 cm³/mol. The molecule has 0 spiro atoms. The summed E-state index contributed by atoms with van der Waals surface area (Å²) in [5.41, 5.74) is 0. The first-order valence-electron chi connectivity index (χ1n) is 30.6. The molecular formula is C65H108O12. The van der Waals surface area contributed by atoms with Crippen LogP contribution < -0.4 is 0 Å². The van der Waals surface area contributed by atoms with E-state index in [2.05, 4.69) is 106 Å². The smallest absolute Gasteiger partial charge is 0.335 e. The van der Waals surface area contributed by atoms with Crippen LogP contribution in [0.2, 0.25) is 0 Å². The zero-order valence-electron chi connectivity index (χ0n) is 48.4. The van der Waals surface area contributed by atoms with Crippen LogP contribution in [0.5, 0.6) is 0 Å². The molecule has 0 aromatic rings. The standard InChI is InChI=1S/C65H108O12/c1-4-7-10-13-16-19-22-25-27-28-29-30-32-35-38-41-44-47-50-53-59(68)76-63-61(70)60(69)62(64(71)72)77-65(63)74-55-56(75-58(67)52-49-46-43-40-37-33-24-21-18-15-12-9-6-3)54-73-57(66)51-48-45-42-39-36-34-31-26-23-20-17-14-11-8-5-2/h7,10,16,19,21,24-27,29-31,35,38,56,60-63,65,69-70H,4-6,8-9,11-15,17-18,20,22-23,28,32-34,36-37,39-55H2,1-3H3,(H,71,72)/b10-7-,19-16-,24-21-,27-25-,30-29-,31-26-,38-35-. The molecule has 0 bridgehead atoms. The van der Waals surface area contributed by atoms with Crippen molar-refractivity contribution in [3.63, 3.8) is 0 Å². The maximum Gasteiger partial charge on any atom is 0.335 e. The van der Waals surface area contributed by atoms with Crippen molar-refractivity contribution in [1.82, 2.24) is 0 Å². The van der Waals surface area contributed by atoms with Crippen molar-refractivity contribution in [3.05, 3.63) is 85.1 Å². The highest BCUT2D eigenvalue weighted by molar-refractivity contribution is 5.74. The van der Waals surface area contributed by atoms with Gasteiger partial charge in [-0.2, -0.15) is 0 Å². The summed E-state index contributed by atoms with van der Waals surface area (Å²) in [4.78, 5) is 51.2. The normalized spacial score (nSPS) is 18.6. The van der Waals surface area contributed by atoms with Crippen LogP contribution in [0.25, 0.3) is 0 Å². The molecule has 3 N–H and O–H groups in total. The largest absolute Gasteiger partial charge is 0.479 e. The average molecular weight is 1080 g/mol. The molecule has 1 heterocycles. The van der Waals surface area contributed by atoms with Gasteiger partial charge < -0.3 is 39.0 Å². The van der Waals surface area contributed by atoms with Crippen LogP contribution >= 0.6 is 0 Å². The monoisotopic (exact) mass is 1080 g/mol. The van der Waals surface area contributed by atoms with E-state index >= 15 is 0 Å². The number of hydrogen-bond acceptors (Lipinski definition) is 11. The van der Waals surface area contributed by atoms with Crippen LogP contribution in [-0.4, -0.2) is 89.2 Å². The highest BCUT2D eigenvalue weighted by atomic mass is 16.7. The lowest BCUT2D eigenvalue weighted by atomic mass is 9.98. The van der Waals surface area contributed by atoms with Gasteiger partial charge in [0.25, 0.3) is 0 Å². The Hall–Kier alpha value is -4.10. The van der Waals surface area contributed by atoms with E-state index < -0.39 is 67.3 Å². The third kappa shape index (κ3) is 42.5. The number of ether oxygens (including phenoxy) is 5. The Morgan fingerprint density at radius 1 is 0.442 bits per heavy atom. The molecule has 1 aliphatic rings. The SMILES string of the molecule is CC/C=C\C/C=C\C/C=C\C/C=C\C/C=C\CCCCCC(=O)OC1C(OCC(COC(=O)CCCCCCC/C=C\CCCCCCCC)OC(=O)CCCCCCC/C=C\CCCCCC)OC(C(=O)O)C(O)C1O. The quantitative estimate of drug-likeness (QED) is 0.0228. The first kappa shape index (κ1) is 70.9. The molecule has 1 saturated heterocycles. The Kier molecular flexibility index (Phi) is 48.4. The van der Waals surface area contributed by atoms with Crippen LogP contribution in [0, 0.1) is 0 Å². The topological polar surface area (TPSA) is 175 Å². The number of unbranched alkanes of at least 4 members (excludes halogenated alkanes) is 23. The minimum absolute atomic E-state index is 0.0171. The van der Waals surface area contributed by atoms with E-state index in [1.807, 2.05) is 0 Å². The molecule has 12 nitrogen and oxygen atoms in total. The molecular weight excluding hydrogens is 973 g/mol. The summed E-state index contributed by atoms with van der Waals surface area (Å²) in [5.74, 6) is -3.18. The maximum absolute atomic E-state index is 13.1. The van der Waals surface area contributed by atoms with Crippen molar-refractivity contribution < 1.29 is 58.2 Å². The predicted octanol–water partition coefficient (Wildman–Crippen LogP) is 15.9. The van der Waals surface area contributed by atoms with Gasteiger partial charge in [-0.1, -0.05) is 202 Å². The summed E-state index contributed by atoms with van der Waals surface area (Å²) < 4.78 is 28.4. The second kappa shape index (κ2) is 52.6. The Morgan fingerprint density at radius 3 is 1.29 bits per heavy atom. The zero-order valence-corrected chi connectivity index (χ0v) is 48.4. The molecule has 77 heavy (non-hydrogen) atoms. The fraction of sp³-hybridized carbons (Fsp3) is 0.723. The third-order valence-electron chi connectivity index (χ3n) is 13.4. The van der Waals surface area contributed by atoms with Gasteiger partial charge >= 0.3 is 23.9 Å². The van der Waals surface area contributed by atoms with Gasteiger partial charge in [0, 0.05) is 19.3 Å². The van der Waals surface area contributed by atoms with Gasteiger partial charge in [0.2, 0.25) is 0 Å². The average Bonchev–Trinajstić information content (AvgIpc) is 3.42. The van der Waals surface area contributed by atoms with E-state index in [0.717, 1.165) is 128 Å². The zero-order chi connectivity index (χ0) is 56.1. The number of allylic oxidation sites excluding steroid dienone is 14. The van der Waals surface area contributed by atoms with Crippen molar-refractivity contribution in [2.24, 2.45) is 0 Å². The van der Waals surface area contributed by atoms with Gasteiger partial charge in [0.1, 0.15) is 18.8 Å². The number of esters is 3.